The molecule has 1 N–H and O–H groups in total. The van der Waals surface area contributed by atoms with Gasteiger partial charge in [-0.15, -0.1) is 11.3 Å². The van der Waals surface area contributed by atoms with Crippen LogP contribution in [-0.2, 0) is 20.7 Å². The molecule has 2 heterocycles. The SMILES string of the molecule is COC(C(=O)N1CCC(C(=O)NCCc2cccs2)CC1)c1ccccc1. The number of piperidine rings is 1. The van der Waals surface area contributed by atoms with E-state index in [1.807, 2.05) is 46.7 Å². The van der Waals surface area contributed by atoms with E-state index in [1.165, 1.54) is 4.88 Å². The van der Waals surface area contributed by atoms with Gasteiger partial charge in [-0.2, -0.15) is 0 Å². The Morgan fingerprint density at radius 2 is 1.93 bits per heavy atom. The number of hydrogen-bond donors (Lipinski definition) is 1. The van der Waals surface area contributed by atoms with E-state index in [4.69, 9.17) is 4.74 Å². The van der Waals surface area contributed by atoms with Crippen LogP contribution in [0.3, 0.4) is 0 Å². The van der Waals surface area contributed by atoms with Crippen molar-refractivity contribution >= 4 is 23.2 Å². The maximum absolute atomic E-state index is 12.8. The number of nitrogens with zero attached hydrogens (tertiary/aromatic N) is 1. The summed E-state index contributed by atoms with van der Waals surface area (Å²) in [6.45, 7) is 1.85. The molecular weight excluding hydrogens is 360 g/mol. The number of methoxy groups -OCH3 is 1. The van der Waals surface area contributed by atoms with Gasteiger partial charge >= 0.3 is 0 Å². The maximum Gasteiger partial charge on any atom is 0.256 e. The van der Waals surface area contributed by atoms with Gasteiger partial charge in [-0.3, -0.25) is 9.59 Å². The number of likely N-dealkylation sites (tertiary alicyclic amines) is 1. The number of ether oxygens (including phenoxy) is 1. The fraction of sp³-hybridized carbons (Fsp3) is 0.429. The first kappa shape index (κ1) is 19.6. The fourth-order valence-corrected chi connectivity index (χ4v) is 4.15. The number of amides is 2. The first-order valence-corrected chi connectivity index (χ1v) is 10.2. The lowest BCUT2D eigenvalue weighted by Gasteiger charge is -2.33. The first-order valence-electron chi connectivity index (χ1n) is 9.35. The molecule has 3 rings (SSSR count). The third-order valence-corrected chi connectivity index (χ3v) is 5.93. The van der Waals surface area contributed by atoms with Crippen LogP contribution in [0.5, 0.6) is 0 Å². The van der Waals surface area contributed by atoms with Crippen molar-refractivity contribution in [3.05, 3.63) is 58.3 Å². The van der Waals surface area contributed by atoms with Gasteiger partial charge in [0, 0.05) is 37.5 Å². The standard InChI is InChI=1S/C21H26N2O3S/c1-26-19(16-6-3-2-4-7-16)21(25)23-13-10-17(11-14-23)20(24)22-12-9-18-8-5-15-27-18/h2-8,15,17,19H,9-14H2,1H3,(H,22,24). The van der Waals surface area contributed by atoms with Crippen LogP contribution < -0.4 is 5.32 Å². The molecule has 144 valence electrons. The molecule has 0 spiro atoms. The Morgan fingerprint density at radius 3 is 2.56 bits per heavy atom. The topological polar surface area (TPSA) is 58.6 Å². The summed E-state index contributed by atoms with van der Waals surface area (Å²) >= 11 is 1.71. The third-order valence-electron chi connectivity index (χ3n) is 4.99. The van der Waals surface area contributed by atoms with Crippen molar-refractivity contribution in [2.24, 2.45) is 5.92 Å². The van der Waals surface area contributed by atoms with Crippen molar-refractivity contribution in [3.8, 4) is 0 Å². The van der Waals surface area contributed by atoms with E-state index in [0.29, 0.717) is 32.5 Å². The van der Waals surface area contributed by atoms with Crippen LogP contribution in [0.2, 0.25) is 0 Å². The van der Waals surface area contributed by atoms with E-state index in [1.54, 1.807) is 18.4 Å². The molecule has 1 atom stereocenters. The van der Waals surface area contributed by atoms with Crippen LogP contribution in [0.4, 0.5) is 0 Å². The average molecular weight is 387 g/mol. The molecule has 5 nitrogen and oxygen atoms in total. The van der Waals surface area contributed by atoms with Gasteiger partial charge in [-0.25, -0.2) is 0 Å². The highest BCUT2D eigenvalue weighted by Crippen LogP contribution is 2.24. The molecule has 1 unspecified atom stereocenters. The zero-order valence-corrected chi connectivity index (χ0v) is 16.4. The molecule has 0 aliphatic carbocycles. The minimum Gasteiger partial charge on any atom is -0.367 e. The van der Waals surface area contributed by atoms with Crippen LogP contribution in [0.1, 0.15) is 29.4 Å². The van der Waals surface area contributed by atoms with Gasteiger partial charge in [-0.1, -0.05) is 36.4 Å². The van der Waals surface area contributed by atoms with Crippen molar-refractivity contribution in [3.63, 3.8) is 0 Å². The Labute approximate surface area is 164 Å². The van der Waals surface area contributed by atoms with Crippen molar-refractivity contribution in [1.82, 2.24) is 10.2 Å². The van der Waals surface area contributed by atoms with Crippen LogP contribution in [0, 0.1) is 5.92 Å². The third kappa shape index (κ3) is 5.17. The molecule has 6 heteroatoms. The van der Waals surface area contributed by atoms with E-state index >= 15 is 0 Å². The van der Waals surface area contributed by atoms with E-state index in [9.17, 15) is 9.59 Å². The summed E-state index contributed by atoms with van der Waals surface area (Å²) in [4.78, 5) is 28.3. The van der Waals surface area contributed by atoms with Crippen molar-refractivity contribution in [1.29, 1.82) is 0 Å². The Hall–Kier alpha value is -2.18. The number of carbonyl (C=O) groups excluding carboxylic acids is 2. The van der Waals surface area contributed by atoms with Crippen molar-refractivity contribution < 1.29 is 14.3 Å². The predicted octanol–water partition coefficient (Wildman–Crippen LogP) is 3.03. The van der Waals surface area contributed by atoms with E-state index in [-0.39, 0.29) is 17.7 Å². The molecule has 1 aromatic carbocycles. The van der Waals surface area contributed by atoms with Gasteiger partial charge in [0.05, 0.1) is 0 Å². The summed E-state index contributed by atoms with van der Waals surface area (Å²) in [5, 5.41) is 5.08. The van der Waals surface area contributed by atoms with E-state index in [0.717, 1.165) is 12.0 Å². The molecular formula is C21H26N2O3S. The lowest BCUT2D eigenvalue weighted by Crippen LogP contribution is -2.45. The van der Waals surface area contributed by atoms with Gasteiger partial charge in [0.15, 0.2) is 6.10 Å². The highest BCUT2D eigenvalue weighted by molar-refractivity contribution is 7.09. The van der Waals surface area contributed by atoms with Crippen LogP contribution in [0.15, 0.2) is 47.8 Å². The normalized spacial score (nSPS) is 16.1. The molecule has 0 saturated carbocycles. The van der Waals surface area contributed by atoms with Crippen molar-refractivity contribution in [2.45, 2.75) is 25.4 Å². The summed E-state index contributed by atoms with van der Waals surface area (Å²) in [6.07, 6.45) is 1.68. The molecule has 1 aliphatic heterocycles. The van der Waals surface area contributed by atoms with Gasteiger partial charge in [-0.05, 0) is 36.3 Å². The highest BCUT2D eigenvalue weighted by Gasteiger charge is 2.31. The quantitative estimate of drug-likeness (QED) is 0.796. The molecule has 2 aromatic rings. The minimum absolute atomic E-state index is 0.0184. The second-order valence-corrected chi connectivity index (χ2v) is 7.78. The summed E-state index contributed by atoms with van der Waals surface area (Å²) in [7, 11) is 1.56. The number of benzene rings is 1. The van der Waals surface area contributed by atoms with Crippen molar-refractivity contribution in [2.75, 3.05) is 26.7 Å². The Balaban J connectivity index is 1.46. The van der Waals surface area contributed by atoms with Crippen LogP contribution >= 0.6 is 11.3 Å². The number of rotatable bonds is 7. The van der Waals surface area contributed by atoms with Gasteiger partial charge in [0.2, 0.25) is 5.91 Å². The summed E-state index contributed by atoms with van der Waals surface area (Å²) < 4.78 is 5.44. The number of thiophene rings is 1. The molecule has 0 bridgehead atoms. The van der Waals surface area contributed by atoms with Crippen LogP contribution in [-0.4, -0.2) is 43.5 Å². The molecule has 0 radical (unpaired) electrons. The Bertz CT molecular complexity index is 725. The predicted molar refractivity (Wildman–Crippen MR) is 107 cm³/mol. The second-order valence-electron chi connectivity index (χ2n) is 6.75. The van der Waals surface area contributed by atoms with Gasteiger partial charge in [0.1, 0.15) is 0 Å². The Morgan fingerprint density at radius 1 is 1.19 bits per heavy atom. The van der Waals surface area contributed by atoms with Gasteiger partial charge in [0.25, 0.3) is 5.91 Å². The Kier molecular flexibility index (Phi) is 7.01. The number of nitrogens with one attached hydrogen (secondary N) is 1. The number of hydrogen-bond acceptors (Lipinski definition) is 4. The summed E-state index contributed by atoms with van der Waals surface area (Å²) in [6, 6.07) is 13.6. The minimum atomic E-state index is -0.581. The van der Waals surface area contributed by atoms with Crippen LogP contribution in [0.25, 0.3) is 0 Å². The highest BCUT2D eigenvalue weighted by atomic mass is 32.1. The first-order chi connectivity index (χ1) is 13.2. The zero-order valence-electron chi connectivity index (χ0n) is 15.6. The molecule has 1 aromatic heterocycles. The second kappa shape index (κ2) is 9.67. The maximum atomic E-state index is 12.8. The lowest BCUT2D eigenvalue weighted by atomic mass is 9.95. The lowest BCUT2D eigenvalue weighted by molar-refractivity contribution is -0.145. The average Bonchev–Trinajstić information content (AvgIpc) is 3.23. The van der Waals surface area contributed by atoms with E-state index in [2.05, 4.69) is 11.4 Å². The molecule has 1 fully saturated rings. The summed E-state index contributed by atoms with van der Waals surface area (Å²) in [5.41, 5.74) is 0.860. The molecule has 27 heavy (non-hydrogen) atoms. The number of carbonyl (C=O) groups is 2. The van der Waals surface area contributed by atoms with E-state index < -0.39 is 6.10 Å². The monoisotopic (exact) mass is 386 g/mol. The molecule has 2 amide bonds. The molecule has 1 saturated heterocycles. The van der Waals surface area contributed by atoms with Gasteiger partial charge < -0.3 is 15.0 Å². The fourth-order valence-electron chi connectivity index (χ4n) is 3.44. The largest absolute Gasteiger partial charge is 0.367 e. The summed E-state index contributed by atoms with van der Waals surface area (Å²) in [5.74, 6) is 0.0559. The zero-order chi connectivity index (χ0) is 19.1. The smallest absolute Gasteiger partial charge is 0.256 e. The molecule has 1 aliphatic rings.